The van der Waals surface area contributed by atoms with Crippen LogP contribution >= 0.6 is 0 Å². The molecule has 1 aliphatic rings. The van der Waals surface area contributed by atoms with Crippen LogP contribution in [0, 0.1) is 11.8 Å². The molecule has 1 aliphatic carbocycles. The van der Waals surface area contributed by atoms with Gasteiger partial charge in [-0.2, -0.15) is 0 Å². The summed E-state index contributed by atoms with van der Waals surface area (Å²) in [6.07, 6.45) is 5.98. The number of hydrogen-bond donors (Lipinski definition) is 2. The average molecular weight is 289 g/mol. The van der Waals surface area contributed by atoms with Crippen molar-refractivity contribution >= 4 is 5.97 Å². The van der Waals surface area contributed by atoms with E-state index in [1.165, 1.54) is 12.0 Å². The third kappa shape index (κ3) is 5.50. The standard InChI is InChI=1S/C18H27NO2/c1-14(7-8-15-5-3-2-4-6-15)13-19-17-11-9-16(10-12-17)18(20)21/h2-6,14,16-17,19H,7-13H2,1H3,(H,20,21). The highest BCUT2D eigenvalue weighted by Crippen LogP contribution is 2.24. The van der Waals surface area contributed by atoms with Gasteiger partial charge in [0.05, 0.1) is 5.92 Å². The van der Waals surface area contributed by atoms with Crippen LogP contribution < -0.4 is 5.32 Å². The first-order valence-corrected chi connectivity index (χ1v) is 8.15. The van der Waals surface area contributed by atoms with Gasteiger partial charge in [-0.3, -0.25) is 4.79 Å². The molecule has 1 fully saturated rings. The largest absolute Gasteiger partial charge is 0.481 e. The van der Waals surface area contributed by atoms with Crippen LogP contribution in [-0.4, -0.2) is 23.7 Å². The molecule has 0 heterocycles. The topological polar surface area (TPSA) is 49.3 Å². The molecule has 1 unspecified atom stereocenters. The first-order valence-electron chi connectivity index (χ1n) is 8.15. The van der Waals surface area contributed by atoms with E-state index < -0.39 is 5.97 Å². The molecule has 2 N–H and O–H groups in total. The van der Waals surface area contributed by atoms with Crippen LogP contribution in [0.2, 0.25) is 0 Å². The van der Waals surface area contributed by atoms with Gasteiger partial charge in [0.25, 0.3) is 0 Å². The minimum atomic E-state index is -0.621. The molecule has 21 heavy (non-hydrogen) atoms. The number of hydrogen-bond acceptors (Lipinski definition) is 2. The van der Waals surface area contributed by atoms with Gasteiger partial charge >= 0.3 is 5.97 Å². The first-order chi connectivity index (χ1) is 10.1. The number of rotatable bonds is 7. The maximum Gasteiger partial charge on any atom is 0.306 e. The van der Waals surface area contributed by atoms with Crippen LogP contribution in [0.1, 0.15) is 44.6 Å². The fourth-order valence-corrected chi connectivity index (χ4v) is 3.07. The summed E-state index contributed by atoms with van der Waals surface area (Å²) in [5.74, 6) is -0.0781. The molecular weight excluding hydrogens is 262 g/mol. The van der Waals surface area contributed by atoms with Crippen molar-refractivity contribution in [3.8, 4) is 0 Å². The van der Waals surface area contributed by atoms with E-state index in [2.05, 4.69) is 42.6 Å². The van der Waals surface area contributed by atoms with Crippen LogP contribution in [-0.2, 0) is 11.2 Å². The molecule has 0 aliphatic heterocycles. The van der Waals surface area contributed by atoms with E-state index in [1.54, 1.807) is 0 Å². The molecule has 3 heteroatoms. The van der Waals surface area contributed by atoms with Crippen molar-refractivity contribution in [3.63, 3.8) is 0 Å². The van der Waals surface area contributed by atoms with Gasteiger partial charge in [0.15, 0.2) is 0 Å². The zero-order valence-electron chi connectivity index (χ0n) is 12.9. The lowest BCUT2D eigenvalue weighted by Gasteiger charge is -2.28. The van der Waals surface area contributed by atoms with Gasteiger partial charge in [-0.05, 0) is 56.6 Å². The molecule has 1 aromatic carbocycles. The Labute approximate surface area is 127 Å². The van der Waals surface area contributed by atoms with Crippen LogP contribution in [0.3, 0.4) is 0 Å². The molecule has 3 nitrogen and oxygen atoms in total. The minimum absolute atomic E-state index is 0.112. The molecule has 0 saturated heterocycles. The molecule has 1 atom stereocenters. The summed E-state index contributed by atoms with van der Waals surface area (Å²) < 4.78 is 0. The van der Waals surface area contributed by atoms with Gasteiger partial charge in [-0.1, -0.05) is 37.3 Å². The van der Waals surface area contributed by atoms with Crippen molar-refractivity contribution in [1.29, 1.82) is 0 Å². The Kier molecular flexibility index (Phi) is 6.24. The van der Waals surface area contributed by atoms with Crippen LogP contribution in [0.4, 0.5) is 0 Å². The zero-order valence-corrected chi connectivity index (χ0v) is 12.9. The first kappa shape index (κ1) is 16.0. The van der Waals surface area contributed by atoms with Crippen LogP contribution in [0.5, 0.6) is 0 Å². The molecule has 0 spiro atoms. The van der Waals surface area contributed by atoms with E-state index in [9.17, 15) is 4.79 Å². The third-order valence-corrected chi connectivity index (χ3v) is 4.60. The molecular formula is C18H27NO2. The Morgan fingerprint density at radius 3 is 2.52 bits per heavy atom. The number of nitrogens with one attached hydrogen (secondary N) is 1. The summed E-state index contributed by atoms with van der Waals surface area (Å²) in [6, 6.07) is 11.1. The second kappa shape index (κ2) is 8.18. The van der Waals surface area contributed by atoms with Gasteiger partial charge in [0.1, 0.15) is 0 Å². The quantitative estimate of drug-likeness (QED) is 0.808. The highest BCUT2D eigenvalue weighted by atomic mass is 16.4. The monoisotopic (exact) mass is 289 g/mol. The Morgan fingerprint density at radius 1 is 1.24 bits per heavy atom. The van der Waals surface area contributed by atoms with E-state index in [4.69, 9.17) is 5.11 Å². The fraction of sp³-hybridized carbons (Fsp3) is 0.611. The predicted octanol–water partition coefficient (Wildman–Crippen LogP) is 3.49. The predicted molar refractivity (Wildman–Crippen MR) is 85.3 cm³/mol. The summed E-state index contributed by atoms with van der Waals surface area (Å²) in [5, 5.41) is 12.6. The number of carbonyl (C=O) groups is 1. The molecule has 0 aromatic heterocycles. The van der Waals surface area contributed by atoms with Crippen molar-refractivity contribution in [2.75, 3.05) is 6.54 Å². The minimum Gasteiger partial charge on any atom is -0.481 e. The summed E-state index contributed by atoms with van der Waals surface area (Å²) >= 11 is 0. The second-order valence-corrected chi connectivity index (χ2v) is 6.42. The lowest BCUT2D eigenvalue weighted by molar-refractivity contribution is -0.142. The van der Waals surface area contributed by atoms with Crippen molar-refractivity contribution in [1.82, 2.24) is 5.32 Å². The van der Waals surface area contributed by atoms with E-state index in [0.29, 0.717) is 12.0 Å². The fourth-order valence-electron chi connectivity index (χ4n) is 3.07. The summed E-state index contributed by atoms with van der Waals surface area (Å²) in [4.78, 5) is 10.9. The maximum absolute atomic E-state index is 10.9. The SMILES string of the molecule is CC(CCc1ccccc1)CNC1CCC(C(=O)O)CC1. The third-order valence-electron chi connectivity index (χ3n) is 4.60. The van der Waals surface area contributed by atoms with E-state index in [1.807, 2.05) is 0 Å². The van der Waals surface area contributed by atoms with Gasteiger partial charge in [-0.15, -0.1) is 0 Å². The number of aliphatic carboxylic acids is 1. The molecule has 0 radical (unpaired) electrons. The van der Waals surface area contributed by atoms with Gasteiger partial charge in [-0.25, -0.2) is 0 Å². The zero-order chi connectivity index (χ0) is 15.1. The van der Waals surface area contributed by atoms with Crippen molar-refractivity contribution in [3.05, 3.63) is 35.9 Å². The number of benzene rings is 1. The normalized spacial score (nSPS) is 23.7. The van der Waals surface area contributed by atoms with E-state index >= 15 is 0 Å². The average Bonchev–Trinajstić information content (AvgIpc) is 2.52. The summed E-state index contributed by atoms with van der Waals surface area (Å²) in [6.45, 7) is 3.33. The van der Waals surface area contributed by atoms with Gasteiger partial charge in [0, 0.05) is 6.04 Å². The Bertz CT molecular complexity index is 424. The van der Waals surface area contributed by atoms with Gasteiger partial charge in [0.2, 0.25) is 0 Å². The summed E-state index contributed by atoms with van der Waals surface area (Å²) in [7, 11) is 0. The Balaban J connectivity index is 1.61. The number of carboxylic acid groups (broad SMARTS) is 1. The summed E-state index contributed by atoms with van der Waals surface area (Å²) in [5.41, 5.74) is 1.41. The van der Waals surface area contributed by atoms with E-state index in [0.717, 1.165) is 38.6 Å². The molecule has 0 bridgehead atoms. The Hall–Kier alpha value is -1.35. The molecule has 2 rings (SSSR count). The Morgan fingerprint density at radius 2 is 1.90 bits per heavy atom. The highest BCUT2D eigenvalue weighted by Gasteiger charge is 2.25. The molecule has 1 aromatic rings. The maximum atomic E-state index is 10.9. The lowest BCUT2D eigenvalue weighted by atomic mass is 9.86. The molecule has 0 amide bonds. The smallest absolute Gasteiger partial charge is 0.306 e. The van der Waals surface area contributed by atoms with Crippen molar-refractivity contribution in [2.24, 2.45) is 11.8 Å². The van der Waals surface area contributed by atoms with Crippen LogP contribution in [0.25, 0.3) is 0 Å². The molecule has 116 valence electrons. The molecule has 1 saturated carbocycles. The number of carboxylic acids is 1. The van der Waals surface area contributed by atoms with Crippen LogP contribution in [0.15, 0.2) is 30.3 Å². The second-order valence-electron chi connectivity index (χ2n) is 6.42. The van der Waals surface area contributed by atoms with E-state index in [-0.39, 0.29) is 5.92 Å². The van der Waals surface area contributed by atoms with Gasteiger partial charge < -0.3 is 10.4 Å². The lowest BCUT2D eigenvalue weighted by Crippen LogP contribution is -2.37. The van der Waals surface area contributed by atoms with Crippen molar-refractivity contribution in [2.45, 2.75) is 51.5 Å². The highest BCUT2D eigenvalue weighted by molar-refractivity contribution is 5.70. The van der Waals surface area contributed by atoms with Crippen molar-refractivity contribution < 1.29 is 9.90 Å². The number of aryl methyl sites for hydroxylation is 1.